The van der Waals surface area contributed by atoms with Gasteiger partial charge >= 0.3 is 0 Å². The molecule has 1 saturated carbocycles. The van der Waals surface area contributed by atoms with Crippen molar-refractivity contribution in [3.63, 3.8) is 0 Å². The van der Waals surface area contributed by atoms with Gasteiger partial charge in [-0.3, -0.25) is 0 Å². The molecule has 0 spiro atoms. The summed E-state index contributed by atoms with van der Waals surface area (Å²) in [5.41, 5.74) is 0. The number of ether oxygens (including phenoxy) is 1. The summed E-state index contributed by atoms with van der Waals surface area (Å²) in [5, 5.41) is 14.0. The van der Waals surface area contributed by atoms with Gasteiger partial charge in [-0.15, -0.1) is 0 Å². The Morgan fingerprint density at radius 2 is 1.90 bits per heavy atom. The monoisotopic (exact) mass is 280 g/mol. The highest BCUT2D eigenvalue weighted by Gasteiger charge is 2.25. The molecule has 1 N–H and O–H groups in total. The van der Waals surface area contributed by atoms with Gasteiger partial charge in [0, 0.05) is 19.4 Å². The van der Waals surface area contributed by atoms with Crippen LogP contribution < -0.4 is 0 Å². The molecule has 0 bridgehead atoms. The summed E-state index contributed by atoms with van der Waals surface area (Å²) in [4.78, 5) is 4.46. The number of hydrogen-bond donors (Lipinski definition) is 1. The Bertz CT molecular complexity index is 415. The molecule has 1 aliphatic carbocycles. The molecule has 5 heteroatoms. The van der Waals surface area contributed by atoms with Crippen LogP contribution >= 0.6 is 0 Å². The molecule has 0 radical (unpaired) electrons. The lowest BCUT2D eigenvalue weighted by atomic mass is 9.84. The van der Waals surface area contributed by atoms with Crippen molar-refractivity contribution in [3.05, 3.63) is 11.7 Å². The van der Waals surface area contributed by atoms with Crippen LogP contribution in [-0.2, 0) is 17.6 Å². The lowest BCUT2D eigenvalue weighted by molar-refractivity contribution is 0.0153. The fraction of sp³-hybridized carbons (Fsp3) is 0.867. The first-order valence-electron chi connectivity index (χ1n) is 7.92. The minimum Gasteiger partial charge on any atom is -0.393 e. The Balaban J connectivity index is 1.53. The highest BCUT2D eigenvalue weighted by Crippen LogP contribution is 2.27. The summed E-state index contributed by atoms with van der Waals surface area (Å²) in [7, 11) is 0. The number of aliphatic hydroxyl groups excluding tert-OH is 1. The second-order valence-corrected chi connectivity index (χ2v) is 6.11. The van der Waals surface area contributed by atoms with Crippen LogP contribution in [0, 0.1) is 5.92 Å². The van der Waals surface area contributed by atoms with E-state index in [9.17, 15) is 5.11 Å². The van der Waals surface area contributed by atoms with Gasteiger partial charge in [0.1, 0.15) is 0 Å². The van der Waals surface area contributed by atoms with Crippen molar-refractivity contribution in [3.8, 4) is 0 Å². The summed E-state index contributed by atoms with van der Waals surface area (Å²) in [6, 6.07) is 0. The minimum absolute atomic E-state index is 0.208. The van der Waals surface area contributed by atoms with E-state index in [0.29, 0.717) is 12.3 Å². The standard InChI is InChI=1S/C15H24N2O3/c18-13-7-2-1-5-11(13)9-15-16-14(17-20-15)10-12-6-3-4-8-19-12/h11-13,18H,1-10H2. The average Bonchev–Trinajstić information content (AvgIpc) is 2.90. The van der Waals surface area contributed by atoms with Gasteiger partial charge in [-0.05, 0) is 38.0 Å². The van der Waals surface area contributed by atoms with Gasteiger partial charge < -0.3 is 14.4 Å². The molecule has 1 aromatic heterocycles. The summed E-state index contributed by atoms with van der Waals surface area (Å²) in [6.45, 7) is 0.851. The van der Waals surface area contributed by atoms with Crippen molar-refractivity contribution in [2.24, 2.45) is 5.92 Å². The SMILES string of the molecule is OC1CCCCC1Cc1nc(CC2CCCCO2)no1. The smallest absolute Gasteiger partial charge is 0.227 e. The lowest BCUT2D eigenvalue weighted by Crippen LogP contribution is -2.26. The normalized spacial score (nSPS) is 31.4. The third-order valence-corrected chi connectivity index (χ3v) is 4.50. The van der Waals surface area contributed by atoms with Crippen LogP contribution in [0.2, 0.25) is 0 Å². The van der Waals surface area contributed by atoms with Crippen LogP contribution in [0.3, 0.4) is 0 Å². The summed E-state index contributed by atoms with van der Waals surface area (Å²) in [6.07, 6.45) is 9.25. The Kier molecular flexibility index (Phi) is 4.68. The second kappa shape index (κ2) is 6.68. The first-order valence-corrected chi connectivity index (χ1v) is 7.92. The molecule has 2 aliphatic rings. The first-order chi connectivity index (χ1) is 9.81. The maximum Gasteiger partial charge on any atom is 0.227 e. The number of aromatic nitrogens is 2. The zero-order chi connectivity index (χ0) is 13.8. The topological polar surface area (TPSA) is 68.4 Å². The predicted molar refractivity (Wildman–Crippen MR) is 73.3 cm³/mol. The molecule has 112 valence electrons. The minimum atomic E-state index is -0.208. The number of rotatable bonds is 4. The molecule has 3 atom stereocenters. The Morgan fingerprint density at radius 1 is 1.05 bits per heavy atom. The number of hydrogen-bond acceptors (Lipinski definition) is 5. The molecule has 5 nitrogen and oxygen atoms in total. The van der Waals surface area contributed by atoms with Gasteiger partial charge in [0.25, 0.3) is 0 Å². The van der Waals surface area contributed by atoms with E-state index in [1.807, 2.05) is 0 Å². The molecule has 1 saturated heterocycles. The predicted octanol–water partition coefficient (Wildman–Crippen LogP) is 2.27. The van der Waals surface area contributed by atoms with Crippen molar-refractivity contribution < 1.29 is 14.4 Å². The zero-order valence-electron chi connectivity index (χ0n) is 12.0. The summed E-state index contributed by atoms with van der Waals surface area (Å²) in [5.74, 6) is 1.70. The summed E-state index contributed by atoms with van der Waals surface area (Å²) >= 11 is 0. The average molecular weight is 280 g/mol. The zero-order valence-corrected chi connectivity index (χ0v) is 12.0. The van der Waals surface area contributed by atoms with Gasteiger partial charge in [0.05, 0.1) is 12.2 Å². The molecule has 20 heavy (non-hydrogen) atoms. The van der Waals surface area contributed by atoms with E-state index in [2.05, 4.69) is 10.1 Å². The third kappa shape index (κ3) is 3.58. The van der Waals surface area contributed by atoms with Gasteiger partial charge in [-0.1, -0.05) is 18.0 Å². The molecule has 0 aromatic carbocycles. The number of nitrogens with zero attached hydrogens (tertiary/aromatic N) is 2. The van der Waals surface area contributed by atoms with E-state index < -0.39 is 0 Å². The van der Waals surface area contributed by atoms with Crippen LogP contribution in [0.5, 0.6) is 0 Å². The van der Waals surface area contributed by atoms with Crippen molar-refractivity contribution >= 4 is 0 Å². The third-order valence-electron chi connectivity index (χ3n) is 4.50. The largest absolute Gasteiger partial charge is 0.393 e. The fourth-order valence-corrected chi connectivity index (χ4v) is 3.28. The van der Waals surface area contributed by atoms with Crippen molar-refractivity contribution in [2.75, 3.05) is 6.61 Å². The van der Waals surface area contributed by atoms with Crippen LogP contribution in [0.15, 0.2) is 4.52 Å². The van der Waals surface area contributed by atoms with Crippen molar-refractivity contribution in [1.29, 1.82) is 0 Å². The molecule has 1 aliphatic heterocycles. The van der Waals surface area contributed by atoms with E-state index in [1.165, 1.54) is 12.8 Å². The van der Waals surface area contributed by atoms with E-state index in [4.69, 9.17) is 9.26 Å². The van der Waals surface area contributed by atoms with E-state index in [1.54, 1.807) is 0 Å². The van der Waals surface area contributed by atoms with Crippen LogP contribution in [0.4, 0.5) is 0 Å². The first kappa shape index (κ1) is 14.0. The Hall–Kier alpha value is -0.940. The van der Waals surface area contributed by atoms with Gasteiger partial charge in [0.2, 0.25) is 5.89 Å². The molecule has 2 fully saturated rings. The van der Waals surface area contributed by atoms with Gasteiger partial charge in [-0.25, -0.2) is 0 Å². The van der Waals surface area contributed by atoms with Crippen molar-refractivity contribution in [1.82, 2.24) is 10.1 Å². The van der Waals surface area contributed by atoms with E-state index >= 15 is 0 Å². The lowest BCUT2D eigenvalue weighted by Gasteiger charge is -2.26. The van der Waals surface area contributed by atoms with Crippen LogP contribution in [0.1, 0.15) is 56.7 Å². The molecule has 3 unspecified atom stereocenters. The Labute approximate surface area is 119 Å². The molecule has 0 amide bonds. The summed E-state index contributed by atoms with van der Waals surface area (Å²) < 4.78 is 11.0. The van der Waals surface area contributed by atoms with Crippen LogP contribution in [0.25, 0.3) is 0 Å². The van der Waals surface area contributed by atoms with Gasteiger partial charge in [0.15, 0.2) is 5.82 Å². The molecule has 2 heterocycles. The van der Waals surface area contributed by atoms with Crippen LogP contribution in [-0.4, -0.2) is 34.1 Å². The maximum absolute atomic E-state index is 9.99. The highest BCUT2D eigenvalue weighted by molar-refractivity contribution is 4.92. The molecule has 3 rings (SSSR count). The fourth-order valence-electron chi connectivity index (χ4n) is 3.28. The molecular formula is C15H24N2O3. The maximum atomic E-state index is 9.99. The van der Waals surface area contributed by atoms with Gasteiger partial charge in [-0.2, -0.15) is 4.98 Å². The number of aliphatic hydroxyl groups is 1. The van der Waals surface area contributed by atoms with Crippen molar-refractivity contribution in [2.45, 2.75) is 70.0 Å². The van der Waals surface area contributed by atoms with E-state index in [0.717, 1.165) is 51.0 Å². The molecular weight excluding hydrogens is 256 g/mol. The quantitative estimate of drug-likeness (QED) is 0.916. The highest BCUT2D eigenvalue weighted by atomic mass is 16.5. The van der Waals surface area contributed by atoms with E-state index in [-0.39, 0.29) is 18.1 Å². The molecule has 1 aromatic rings. The second-order valence-electron chi connectivity index (χ2n) is 6.11. The Morgan fingerprint density at radius 3 is 2.70 bits per heavy atom.